The molecule has 2 aromatic heterocycles. The highest BCUT2D eigenvalue weighted by molar-refractivity contribution is 7.08. The number of nitrogens with one attached hydrogen (secondary N) is 1. The summed E-state index contributed by atoms with van der Waals surface area (Å²) >= 11 is 1.31. The molecule has 0 amide bonds. The summed E-state index contributed by atoms with van der Waals surface area (Å²) in [6.07, 6.45) is 1.43. The van der Waals surface area contributed by atoms with Crippen molar-refractivity contribution in [3.05, 3.63) is 53.0 Å². The maximum atomic E-state index is 11.2. The van der Waals surface area contributed by atoms with E-state index in [1.807, 2.05) is 24.3 Å². The molecule has 0 atom stereocenters. The first kappa shape index (κ1) is 15.0. The quantitative estimate of drug-likeness (QED) is 0.744. The second kappa shape index (κ2) is 6.45. The van der Waals surface area contributed by atoms with Crippen LogP contribution >= 0.6 is 11.3 Å². The molecule has 23 heavy (non-hydrogen) atoms. The number of ether oxygens (including phenoxy) is 1. The maximum Gasteiger partial charge on any atom is 0.338 e. The van der Waals surface area contributed by atoms with E-state index >= 15 is 0 Å². The molecule has 116 valence electrons. The summed E-state index contributed by atoms with van der Waals surface area (Å²) < 4.78 is 5.34. The van der Waals surface area contributed by atoms with E-state index in [-0.39, 0.29) is 5.56 Å². The molecule has 0 fully saturated rings. The Balaban J connectivity index is 1.94. The Bertz CT molecular complexity index is 848. The summed E-state index contributed by atoms with van der Waals surface area (Å²) in [5.74, 6) is 0.244. The average Bonchev–Trinajstić information content (AvgIpc) is 3.03. The highest BCUT2D eigenvalue weighted by Gasteiger charge is 2.13. The zero-order chi connectivity index (χ0) is 16.2. The normalized spacial score (nSPS) is 10.3. The van der Waals surface area contributed by atoms with Gasteiger partial charge in [-0.25, -0.2) is 14.8 Å². The van der Waals surface area contributed by atoms with Crippen LogP contribution < -0.4 is 10.1 Å². The van der Waals surface area contributed by atoms with Crippen molar-refractivity contribution in [2.24, 2.45) is 0 Å². The first-order valence-corrected chi connectivity index (χ1v) is 7.65. The zero-order valence-electron chi connectivity index (χ0n) is 12.2. The van der Waals surface area contributed by atoms with Crippen LogP contribution in [0.4, 0.5) is 11.5 Å². The monoisotopic (exact) mass is 327 g/mol. The number of aromatic carboxylic acids is 1. The molecule has 0 unspecified atom stereocenters. The summed E-state index contributed by atoms with van der Waals surface area (Å²) in [4.78, 5) is 19.6. The van der Waals surface area contributed by atoms with Crippen molar-refractivity contribution >= 4 is 28.8 Å². The van der Waals surface area contributed by atoms with Gasteiger partial charge in [0.1, 0.15) is 17.9 Å². The third-order valence-electron chi connectivity index (χ3n) is 3.21. The van der Waals surface area contributed by atoms with Crippen LogP contribution in [-0.4, -0.2) is 28.2 Å². The molecule has 7 heteroatoms. The Morgan fingerprint density at radius 3 is 2.87 bits per heavy atom. The van der Waals surface area contributed by atoms with Gasteiger partial charge in [0, 0.05) is 22.4 Å². The summed E-state index contributed by atoms with van der Waals surface area (Å²) in [5.41, 5.74) is 2.25. The van der Waals surface area contributed by atoms with Crippen molar-refractivity contribution in [1.82, 2.24) is 9.97 Å². The lowest BCUT2D eigenvalue weighted by atomic mass is 10.1. The van der Waals surface area contributed by atoms with Gasteiger partial charge in [-0.3, -0.25) is 0 Å². The third kappa shape index (κ3) is 3.14. The van der Waals surface area contributed by atoms with E-state index in [1.165, 1.54) is 17.7 Å². The van der Waals surface area contributed by atoms with E-state index in [0.29, 0.717) is 22.9 Å². The van der Waals surface area contributed by atoms with Crippen molar-refractivity contribution in [1.29, 1.82) is 0 Å². The number of benzene rings is 1. The van der Waals surface area contributed by atoms with Gasteiger partial charge in [-0.05, 0) is 12.1 Å². The van der Waals surface area contributed by atoms with E-state index < -0.39 is 5.97 Å². The number of carboxylic acid groups (broad SMARTS) is 1. The van der Waals surface area contributed by atoms with Crippen LogP contribution in [0.5, 0.6) is 5.75 Å². The molecule has 0 aliphatic carbocycles. The van der Waals surface area contributed by atoms with E-state index in [9.17, 15) is 4.79 Å². The number of nitrogens with zero attached hydrogens (tertiary/aromatic N) is 2. The number of carbonyl (C=O) groups is 1. The number of hydrogen-bond donors (Lipinski definition) is 2. The first-order valence-electron chi connectivity index (χ1n) is 6.71. The van der Waals surface area contributed by atoms with Crippen LogP contribution in [0.25, 0.3) is 11.3 Å². The molecule has 0 aliphatic heterocycles. The lowest BCUT2D eigenvalue weighted by Gasteiger charge is -2.09. The standard InChI is InChI=1S/C16H13N3O3S/c1-22-14-5-3-2-4-10(14)12-6-15(18-9-17-12)19-13-8-23-7-11(13)16(20)21/h2-9H,1H3,(H,20,21)(H,17,18,19). The van der Waals surface area contributed by atoms with E-state index in [1.54, 1.807) is 23.9 Å². The Morgan fingerprint density at radius 1 is 1.26 bits per heavy atom. The lowest BCUT2D eigenvalue weighted by Crippen LogP contribution is -2.01. The van der Waals surface area contributed by atoms with Crippen molar-refractivity contribution in [2.45, 2.75) is 0 Å². The fourth-order valence-corrected chi connectivity index (χ4v) is 2.88. The molecule has 3 rings (SSSR count). The molecule has 6 nitrogen and oxygen atoms in total. The third-order valence-corrected chi connectivity index (χ3v) is 3.95. The molecular weight excluding hydrogens is 314 g/mol. The molecule has 3 aromatic rings. The van der Waals surface area contributed by atoms with Crippen molar-refractivity contribution in [3.8, 4) is 17.0 Å². The fourth-order valence-electron chi connectivity index (χ4n) is 2.13. The lowest BCUT2D eigenvalue weighted by molar-refractivity contribution is 0.0698. The summed E-state index contributed by atoms with van der Waals surface area (Å²) in [6, 6.07) is 9.28. The highest BCUT2D eigenvalue weighted by Crippen LogP contribution is 2.30. The maximum absolute atomic E-state index is 11.2. The van der Waals surface area contributed by atoms with Crippen LogP contribution in [0.3, 0.4) is 0 Å². The van der Waals surface area contributed by atoms with Gasteiger partial charge in [0.05, 0.1) is 24.1 Å². The zero-order valence-corrected chi connectivity index (χ0v) is 13.0. The molecule has 1 aromatic carbocycles. The summed E-state index contributed by atoms with van der Waals surface area (Å²) in [5, 5.41) is 15.5. The number of aromatic nitrogens is 2. The predicted octanol–water partition coefficient (Wildman–Crippen LogP) is 3.66. The first-order chi connectivity index (χ1) is 11.2. The minimum absolute atomic E-state index is 0.215. The molecule has 0 bridgehead atoms. The van der Waals surface area contributed by atoms with Gasteiger partial charge in [0.25, 0.3) is 0 Å². The highest BCUT2D eigenvalue weighted by atomic mass is 32.1. The Hall–Kier alpha value is -2.93. The number of rotatable bonds is 5. The largest absolute Gasteiger partial charge is 0.496 e. The second-order valence-corrected chi connectivity index (χ2v) is 5.36. The number of anilines is 2. The summed E-state index contributed by atoms with van der Waals surface area (Å²) in [7, 11) is 1.60. The fraction of sp³-hybridized carbons (Fsp3) is 0.0625. The van der Waals surface area contributed by atoms with Gasteiger partial charge >= 0.3 is 5.97 Å². The number of methoxy groups -OCH3 is 1. The Kier molecular flexibility index (Phi) is 4.20. The van der Waals surface area contributed by atoms with Gasteiger partial charge in [-0.15, -0.1) is 11.3 Å². The van der Waals surface area contributed by atoms with Gasteiger partial charge in [-0.1, -0.05) is 12.1 Å². The smallest absolute Gasteiger partial charge is 0.338 e. The van der Waals surface area contributed by atoms with E-state index in [4.69, 9.17) is 9.84 Å². The SMILES string of the molecule is COc1ccccc1-c1cc(Nc2cscc2C(=O)O)ncn1. The summed E-state index contributed by atoms with van der Waals surface area (Å²) in [6.45, 7) is 0. The average molecular weight is 327 g/mol. The van der Waals surface area contributed by atoms with Crippen molar-refractivity contribution in [2.75, 3.05) is 12.4 Å². The van der Waals surface area contributed by atoms with Crippen LogP contribution in [0, 0.1) is 0 Å². The van der Waals surface area contributed by atoms with Gasteiger partial charge < -0.3 is 15.2 Å². The molecule has 2 heterocycles. The molecule has 2 N–H and O–H groups in total. The van der Waals surface area contributed by atoms with Crippen LogP contribution in [0.1, 0.15) is 10.4 Å². The minimum atomic E-state index is -0.979. The Morgan fingerprint density at radius 2 is 2.09 bits per heavy atom. The van der Waals surface area contributed by atoms with E-state index in [2.05, 4.69) is 15.3 Å². The molecule has 0 saturated heterocycles. The van der Waals surface area contributed by atoms with E-state index in [0.717, 1.165) is 5.56 Å². The number of para-hydroxylation sites is 1. The van der Waals surface area contributed by atoms with Gasteiger partial charge in [0.15, 0.2) is 0 Å². The van der Waals surface area contributed by atoms with Gasteiger partial charge in [-0.2, -0.15) is 0 Å². The second-order valence-electron chi connectivity index (χ2n) is 4.62. The van der Waals surface area contributed by atoms with Crippen LogP contribution in [0.2, 0.25) is 0 Å². The Labute approximate surface area is 136 Å². The van der Waals surface area contributed by atoms with Crippen LogP contribution in [-0.2, 0) is 0 Å². The van der Waals surface area contributed by atoms with Gasteiger partial charge in [0.2, 0.25) is 0 Å². The van der Waals surface area contributed by atoms with Crippen molar-refractivity contribution in [3.63, 3.8) is 0 Å². The van der Waals surface area contributed by atoms with Crippen LogP contribution in [0.15, 0.2) is 47.4 Å². The number of carboxylic acids is 1. The number of hydrogen-bond acceptors (Lipinski definition) is 6. The molecule has 0 spiro atoms. The number of thiophene rings is 1. The molecule has 0 saturated carbocycles. The van der Waals surface area contributed by atoms with Crippen molar-refractivity contribution < 1.29 is 14.6 Å². The predicted molar refractivity (Wildman–Crippen MR) is 88.6 cm³/mol. The minimum Gasteiger partial charge on any atom is -0.496 e. The molecular formula is C16H13N3O3S. The molecule has 0 radical (unpaired) electrons. The molecule has 0 aliphatic rings. The topological polar surface area (TPSA) is 84.3 Å².